The number of rotatable bonds is 5. The molecule has 1 aliphatic heterocycles. The van der Waals surface area contributed by atoms with Crippen LogP contribution in [-0.2, 0) is 12.8 Å². The third-order valence-corrected chi connectivity index (χ3v) is 6.34. The molecule has 5 rings (SSSR count). The second-order valence-electron chi connectivity index (χ2n) is 7.22. The Balaban J connectivity index is 1.40. The van der Waals surface area contributed by atoms with Gasteiger partial charge in [-0.3, -0.25) is 9.36 Å². The molecule has 1 aliphatic carbocycles. The van der Waals surface area contributed by atoms with Gasteiger partial charge in [0.2, 0.25) is 0 Å². The molecule has 30 heavy (non-hydrogen) atoms. The second-order valence-corrected chi connectivity index (χ2v) is 8.18. The number of carbonyl (C=O) groups excluding carboxylic acids is 1. The number of Topliss-reactive ketones (excluding diaryl/α,β-unsaturated/α-hetero) is 1. The molecule has 7 heteroatoms. The van der Waals surface area contributed by atoms with Gasteiger partial charge in [0.15, 0.2) is 17.3 Å². The molecule has 0 amide bonds. The van der Waals surface area contributed by atoms with Crippen molar-refractivity contribution in [3.05, 3.63) is 75.8 Å². The number of ether oxygens (including phenoxy) is 2. The molecule has 0 spiro atoms. The van der Waals surface area contributed by atoms with Crippen molar-refractivity contribution in [3.63, 3.8) is 0 Å². The Kier molecular flexibility index (Phi) is 5.04. The van der Waals surface area contributed by atoms with E-state index in [0.29, 0.717) is 35.3 Å². The van der Waals surface area contributed by atoms with E-state index in [1.165, 1.54) is 11.8 Å². The molecule has 0 N–H and O–H groups in total. The van der Waals surface area contributed by atoms with Gasteiger partial charge in [-0.05, 0) is 49.6 Å². The monoisotopic (exact) mass is 420 g/mol. The summed E-state index contributed by atoms with van der Waals surface area (Å²) < 4.78 is 12.8. The summed E-state index contributed by atoms with van der Waals surface area (Å²) in [5.74, 6) is 1.45. The highest BCUT2D eigenvalue weighted by molar-refractivity contribution is 8.00. The van der Waals surface area contributed by atoms with Gasteiger partial charge in [-0.2, -0.15) is 4.98 Å². The topological polar surface area (TPSA) is 70.4 Å². The number of thioether (sulfide) groups is 1. The van der Waals surface area contributed by atoms with Gasteiger partial charge in [-0.25, -0.2) is 4.79 Å². The molecule has 152 valence electrons. The lowest BCUT2D eigenvalue weighted by molar-refractivity contribution is 0.102. The number of hydrogen-bond donors (Lipinski definition) is 0. The number of carbonyl (C=O) groups is 1. The zero-order valence-corrected chi connectivity index (χ0v) is 17.1. The number of aromatic nitrogens is 2. The summed E-state index contributed by atoms with van der Waals surface area (Å²) in [6.07, 6.45) is 2.69. The number of fused-ring (bicyclic) bond motifs is 2. The van der Waals surface area contributed by atoms with Gasteiger partial charge in [-0.1, -0.05) is 30.0 Å². The van der Waals surface area contributed by atoms with Gasteiger partial charge < -0.3 is 9.47 Å². The fourth-order valence-electron chi connectivity index (χ4n) is 3.92. The van der Waals surface area contributed by atoms with E-state index >= 15 is 0 Å². The number of nitrogens with zero attached hydrogens (tertiary/aromatic N) is 2. The lowest BCUT2D eigenvalue weighted by Crippen LogP contribution is -2.26. The molecule has 2 heterocycles. The molecule has 0 saturated carbocycles. The van der Waals surface area contributed by atoms with E-state index in [4.69, 9.17) is 9.47 Å². The van der Waals surface area contributed by atoms with Crippen molar-refractivity contribution < 1.29 is 14.3 Å². The van der Waals surface area contributed by atoms with Gasteiger partial charge in [0.25, 0.3) is 0 Å². The number of para-hydroxylation sites is 1. The summed E-state index contributed by atoms with van der Waals surface area (Å²) in [6, 6.07) is 14.8. The molecule has 2 aromatic carbocycles. The third-order valence-electron chi connectivity index (χ3n) is 5.32. The van der Waals surface area contributed by atoms with Gasteiger partial charge in [-0.15, -0.1) is 0 Å². The molecular weight excluding hydrogens is 400 g/mol. The van der Waals surface area contributed by atoms with Crippen molar-refractivity contribution in [2.24, 2.45) is 0 Å². The standard InChI is InChI=1S/C23H20N2O4S/c26-19(15-9-10-20-21(13-15)29-12-11-28-20)14-30-22-17-7-4-8-18(17)25(23(27)24-22)16-5-2-1-3-6-16/h1-3,5-6,9-10,13H,4,7-8,11-12,14H2. The average Bonchev–Trinajstić information content (AvgIpc) is 3.27. The Morgan fingerprint density at radius 1 is 1.03 bits per heavy atom. The maximum atomic E-state index is 12.8. The minimum atomic E-state index is -0.295. The van der Waals surface area contributed by atoms with E-state index in [2.05, 4.69) is 4.98 Å². The van der Waals surface area contributed by atoms with Crippen LogP contribution in [0.3, 0.4) is 0 Å². The maximum absolute atomic E-state index is 12.8. The van der Waals surface area contributed by atoms with Crippen molar-refractivity contribution in [2.75, 3.05) is 19.0 Å². The quantitative estimate of drug-likeness (QED) is 0.358. The normalized spacial score (nSPS) is 14.4. The van der Waals surface area contributed by atoms with Crippen LogP contribution in [0, 0.1) is 0 Å². The fourth-order valence-corrected chi connectivity index (χ4v) is 4.89. The molecule has 0 atom stereocenters. The number of hydrogen-bond acceptors (Lipinski definition) is 6. The van der Waals surface area contributed by atoms with Crippen LogP contribution < -0.4 is 15.2 Å². The lowest BCUT2D eigenvalue weighted by atomic mass is 10.1. The summed E-state index contributed by atoms with van der Waals surface area (Å²) in [5.41, 5.74) is 3.20. The predicted molar refractivity (Wildman–Crippen MR) is 114 cm³/mol. The minimum absolute atomic E-state index is 0.0299. The first-order chi connectivity index (χ1) is 14.7. The second kappa shape index (κ2) is 7.99. The minimum Gasteiger partial charge on any atom is -0.486 e. The summed E-state index contributed by atoms with van der Waals surface area (Å²) in [5, 5.41) is 0.672. The molecule has 3 aromatic rings. The summed E-state index contributed by atoms with van der Waals surface area (Å²) in [4.78, 5) is 29.9. The maximum Gasteiger partial charge on any atom is 0.353 e. The molecule has 2 aliphatic rings. The van der Waals surface area contributed by atoms with Gasteiger partial charge in [0.05, 0.1) is 11.4 Å². The summed E-state index contributed by atoms with van der Waals surface area (Å²) in [6.45, 7) is 0.995. The number of ketones is 1. The average molecular weight is 420 g/mol. The number of benzene rings is 2. The van der Waals surface area contributed by atoms with Crippen LogP contribution in [0.4, 0.5) is 0 Å². The zero-order chi connectivity index (χ0) is 20.5. The highest BCUT2D eigenvalue weighted by atomic mass is 32.2. The molecule has 0 saturated heterocycles. The van der Waals surface area contributed by atoms with Crippen molar-refractivity contribution in [1.82, 2.24) is 9.55 Å². The van der Waals surface area contributed by atoms with Gasteiger partial charge in [0, 0.05) is 16.8 Å². The van der Waals surface area contributed by atoms with Crippen molar-refractivity contribution in [3.8, 4) is 17.2 Å². The molecular formula is C23H20N2O4S. The van der Waals surface area contributed by atoms with Crippen LogP contribution in [0.1, 0.15) is 28.0 Å². The Morgan fingerprint density at radius 3 is 2.67 bits per heavy atom. The summed E-state index contributed by atoms with van der Waals surface area (Å²) >= 11 is 1.34. The molecule has 1 aromatic heterocycles. The zero-order valence-electron chi connectivity index (χ0n) is 16.3. The SMILES string of the molecule is O=C(CSc1nc(=O)n(-c2ccccc2)c2c1CCC2)c1ccc2c(c1)OCCO2. The van der Waals surface area contributed by atoms with Crippen molar-refractivity contribution >= 4 is 17.5 Å². The molecule has 0 bridgehead atoms. The highest BCUT2D eigenvalue weighted by Gasteiger charge is 2.23. The predicted octanol–water partition coefficient (Wildman–Crippen LogP) is 3.47. The van der Waals surface area contributed by atoms with E-state index < -0.39 is 0 Å². The highest BCUT2D eigenvalue weighted by Crippen LogP contribution is 2.33. The first kappa shape index (κ1) is 18.9. The Hall–Kier alpha value is -3.06. The summed E-state index contributed by atoms with van der Waals surface area (Å²) in [7, 11) is 0. The molecule has 0 unspecified atom stereocenters. The Labute approximate surface area is 177 Å². The molecule has 0 fully saturated rings. The van der Waals surface area contributed by atoms with Crippen molar-refractivity contribution in [2.45, 2.75) is 24.3 Å². The van der Waals surface area contributed by atoms with Crippen LogP contribution >= 0.6 is 11.8 Å². The Morgan fingerprint density at radius 2 is 1.83 bits per heavy atom. The van der Waals surface area contributed by atoms with Gasteiger partial charge in [0.1, 0.15) is 18.2 Å². The molecule has 6 nitrogen and oxygen atoms in total. The van der Waals surface area contributed by atoms with E-state index in [1.54, 1.807) is 22.8 Å². The van der Waals surface area contributed by atoms with E-state index in [9.17, 15) is 9.59 Å². The smallest absolute Gasteiger partial charge is 0.353 e. The molecule has 0 radical (unpaired) electrons. The van der Waals surface area contributed by atoms with Crippen LogP contribution in [0.15, 0.2) is 58.4 Å². The van der Waals surface area contributed by atoms with Crippen LogP contribution in [0.5, 0.6) is 11.5 Å². The lowest BCUT2D eigenvalue weighted by Gasteiger charge is -2.18. The van der Waals surface area contributed by atoms with E-state index in [-0.39, 0.29) is 17.2 Å². The third kappa shape index (κ3) is 3.50. The Bertz CT molecular complexity index is 1170. The van der Waals surface area contributed by atoms with Crippen LogP contribution in [0.2, 0.25) is 0 Å². The van der Waals surface area contributed by atoms with E-state index in [0.717, 1.165) is 36.2 Å². The van der Waals surface area contributed by atoms with Crippen molar-refractivity contribution in [1.29, 1.82) is 0 Å². The first-order valence-electron chi connectivity index (χ1n) is 9.96. The van der Waals surface area contributed by atoms with E-state index in [1.807, 2.05) is 30.3 Å². The fraction of sp³-hybridized carbons (Fsp3) is 0.261. The van der Waals surface area contributed by atoms with Crippen LogP contribution in [0.25, 0.3) is 5.69 Å². The first-order valence-corrected chi connectivity index (χ1v) is 10.9. The largest absolute Gasteiger partial charge is 0.486 e. The van der Waals surface area contributed by atoms with Gasteiger partial charge >= 0.3 is 5.69 Å². The van der Waals surface area contributed by atoms with Crippen LogP contribution in [-0.4, -0.2) is 34.3 Å².